The number of benzene rings is 2. The third-order valence-electron chi connectivity index (χ3n) is 2.55. The highest BCUT2D eigenvalue weighted by Gasteiger charge is 2.16. The largest absolute Gasteiger partial charge is 0.294 e. The molecule has 0 spiro atoms. The van der Waals surface area contributed by atoms with Crippen LogP contribution in [-0.2, 0) is 6.42 Å². The second-order valence-corrected chi connectivity index (χ2v) is 5.50. The minimum atomic E-state index is -0.499. The lowest BCUT2D eigenvalue weighted by molar-refractivity contribution is 0.0988. The quantitative estimate of drug-likeness (QED) is 0.710. The van der Waals surface area contributed by atoms with Crippen LogP contribution in [0.3, 0.4) is 0 Å². The van der Waals surface area contributed by atoms with Gasteiger partial charge in [0.05, 0.1) is 5.56 Å². The Labute approximate surface area is 121 Å². The van der Waals surface area contributed by atoms with E-state index in [0.717, 1.165) is 10.0 Å². The molecule has 0 fully saturated rings. The number of hydrogen-bond donors (Lipinski definition) is 0. The minimum absolute atomic E-state index is 0.105. The summed E-state index contributed by atoms with van der Waals surface area (Å²) in [5, 5.41) is 0. The smallest absolute Gasteiger partial charge is 0.171 e. The molecule has 18 heavy (non-hydrogen) atoms. The lowest BCUT2D eigenvalue weighted by Gasteiger charge is -2.06. The van der Waals surface area contributed by atoms with Gasteiger partial charge in [0.15, 0.2) is 5.78 Å². The molecule has 0 aliphatic rings. The van der Waals surface area contributed by atoms with E-state index in [9.17, 15) is 9.18 Å². The van der Waals surface area contributed by atoms with Crippen molar-refractivity contribution in [1.29, 1.82) is 0 Å². The molecular formula is C14H9Br2FO. The van der Waals surface area contributed by atoms with E-state index in [-0.39, 0.29) is 17.8 Å². The molecule has 0 aliphatic heterocycles. The zero-order valence-corrected chi connectivity index (χ0v) is 12.5. The summed E-state index contributed by atoms with van der Waals surface area (Å²) < 4.78 is 15.0. The Hall–Kier alpha value is -1.00. The van der Waals surface area contributed by atoms with E-state index >= 15 is 0 Å². The molecule has 0 saturated carbocycles. The maximum absolute atomic E-state index is 13.6. The van der Waals surface area contributed by atoms with Crippen molar-refractivity contribution in [3.63, 3.8) is 0 Å². The second-order valence-electron chi connectivity index (χ2n) is 3.79. The first kappa shape index (κ1) is 13.4. The monoisotopic (exact) mass is 370 g/mol. The third kappa shape index (κ3) is 2.87. The molecule has 0 saturated heterocycles. The standard InChI is InChI=1S/C14H9Br2FO/c15-10-5-2-1-4-9(10)8-13(18)14-11(16)6-3-7-12(14)17/h1-7H,8H2. The maximum Gasteiger partial charge on any atom is 0.171 e. The van der Waals surface area contributed by atoms with Gasteiger partial charge in [-0.15, -0.1) is 0 Å². The van der Waals surface area contributed by atoms with E-state index < -0.39 is 5.82 Å². The number of ketones is 1. The fraction of sp³-hybridized carbons (Fsp3) is 0.0714. The van der Waals surface area contributed by atoms with Gasteiger partial charge in [-0.1, -0.05) is 40.2 Å². The molecule has 2 aromatic rings. The van der Waals surface area contributed by atoms with Gasteiger partial charge in [0.1, 0.15) is 5.82 Å². The predicted molar refractivity (Wildman–Crippen MR) is 76.3 cm³/mol. The molecule has 0 radical (unpaired) electrons. The molecule has 0 aromatic heterocycles. The fourth-order valence-corrected chi connectivity index (χ4v) is 2.66. The van der Waals surface area contributed by atoms with E-state index in [2.05, 4.69) is 31.9 Å². The molecule has 0 bridgehead atoms. The maximum atomic E-state index is 13.6. The van der Waals surface area contributed by atoms with Crippen LogP contribution < -0.4 is 0 Å². The summed E-state index contributed by atoms with van der Waals surface area (Å²) in [4.78, 5) is 12.1. The summed E-state index contributed by atoms with van der Waals surface area (Å²) in [6.07, 6.45) is 0.168. The van der Waals surface area contributed by atoms with Crippen LogP contribution in [0, 0.1) is 5.82 Å². The Morgan fingerprint density at radius 1 is 1.00 bits per heavy atom. The molecule has 0 atom stereocenters. The highest BCUT2D eigenvalue weighted by Crippen LogP contribution is 2.23. The first-order chi connectivity index (χ1) is 8.59. The number of rotatable bonds is 3. The zero-order chi connectivity index (χ0) is 13.1. The molecule has 4 heteroatoms. The van der Waals surface area contributed by atoms with Crippen molar-refractivity contribution >= 4 is 37.6 Å². The van der Waals surface area contributed by atoms with Gasteiger partial charge in [-0.25, -0.2) is 4.39 Å². The van der Waals surface area contributed by atoms with Crippen LogP contribution in [0.1, 0.15) is 15.9 Å². The van der Waals surface area contributed by atoms with Gasteiger partial charge in [-0.05, 0) is 39.7 Å². The molecule has 0 amide bonds. The Kier molecular flexibility index (Phi) is 4.30. The van der Waals surface area contributed by atoms with Crippen molar-refractivity contribution < 1.29 is 9.18 Å². The number of carbonyl (C=O) groups is 1. The van der Waals surface area contributed by atoms with E-state index in [0.29, 0.717) is 4.47 Å². The molecule has 2 rings (SSSR count). The average molecular weight is 372 g/mol. The first-order valence-electron chi connectivity index (χ1n) is 5.30. The van der Waals surface area contributed by atoms with Gasteiger partial charge in [-0.3, -0.25) is 4.79 Å². The van der Waals surface area contributed by atoms with E-state index in [1.165, 1.54) is 6.07 Å². The predicted octanol–water partition coefficient (Wildman–Crippen LogP) is 4.78. The zero-order valence-electron chi connectivity index (χ0n) is 9.29. The van der Waals surface area contributed by atoms with Crippen LogP contribution >= 0.6 is 31.9 Å². The Bertz CT molecular complexity index is 576. The van der Waals surface area contributed by atoms with Gasteiger partial charge >= 0.3 is 0 Å². The van der Waals surface area contributed by atoms with Crippen LogP contribution in [0.25, 0.3) is 0 Å². The van der Waals surface area contributed by atoms with Crippen LogP contribution in [0.4, 0.5) is 4.39 Å². The highest BCUT2D eigenvalue weighted by atomic mass is 79.9. The summed E-state index contributed by atoms with van der Waals surface area (Å²) in [5.41, 5.74) is 0.950. The minimum Gasteiger partial charge on any atom is -0.294 e. The average Bonchev–Trinajstić information content (AvgIpc) is 2.32. The number of carbonyl (C=O) groups excluding carboxylic acids is 1. The van der Waals surface area contributed by atoms with E-state index in [4.69, 9.17) is 0 Å². The molecule has 0 unspecified atom stereocenters. The topological polar surface area (TPSA) is 17.1 Å². The van der Waals surface area contributed by atoms with Crippen LogP contribution in [0.15, 0.2) is 51.4 Å². The SMILES string of the molecule is O=C(Cc1ccccc1Br)c1c(F)cccc1Br. The summed E-state index contributed by atoms with van der Waals surface area (Å²) in [5.74, 6) is -0.742. The van der Waals surface area contributed by atoms with Crippen LogP contribution in [0.5, 0.6) is 0 Å². The van der Waals surface area contributed by atoms with Crippen LogP contribution in [-0.4, -0.2) is 5.78 Å². The van der Waals surface area contributed by atoms with Crippen molar-refractivity contribution in [1.82, 2.24) is 0 Å². The molecular weight excluding hydrogens is 363 g/mol. The van der Waals surface area contributed by atoms with Crippen molar-refractivity contribution in [2.45, 2.75) is 6.42 Å². The van der Waals surface area contributed by atoms with Gasteiger partial charge < -0.3 is 0 Å². The lowest BCUT2D eigenvalue weighted by atomic mass is 10.0. The first-order valence-corrected chi connectivity index (χ1v) is 6.89. The Morgan fingerprint density at radius 3 is 2.33 bits per heavy atom. The van der Waals surface area contributed by atoms with E-state index in [1.54, 1.807) is 12.1 Å². The molecule has 0 aliphatic carbocycles. The summed E-state index contributed by atoms with van der Waals surface area (Å²) >= 11 is 6.58. The number of hydrogen-bond acceptors (Lipinski definition) is 1. The van der Waals surface area contributed by atoms with Gasteiger partial charge in [0.25, 0.3) is 0 Å². The summed E-state index contributed by atoms with van der Waals surface area (Å²) in [7, 11) is 0. The normalized spacial score (nSPS) is 10.4. The molecule has 0 N–H and O–H groups in total. The van der Waals surface area contributed by atoms with Crippen molar-refractivity contribution in [2.24, 2.45) is 0 Å². The van der Waals surface area contributed by atoms with Crippen molar-refractivity contribution in [3.05, 3.63) is 68.4 Å². The third-order valence-corrected chi connectivity index (χ3v) is 3.98. The van der Waals surface area contributed by atoms with Gasteiger partial charge in [-0.2, -0.15) is 0 Å². The Balaban J connectivity index is 2.31. The molecule has 92 valence electrons. The summed E-state index contributed by atoms with van der Waals surface area (Å²) in [6, 6.07) is 11.9. The molecule has 1 nitrogen and oxygen atoms in total. The highest BCUT2D eigenvalue weighted by molar-refractivity contribution is 9.10. The number of halogens is 3. The van der Waals surface area contributed by atoms with Gasteiger partial charge in [0, 0.05) is 15.4 Å². The second kappa shape index (κ2) is 5.76. The van der Waals surface area contributed by atoms with Crippen molar-refractivity contribution in [2.75, 3.05) is 0 Å². The summed E-state index contributed by atoms with van der Waals surface area (Å²) in [6.45, 7) is 0. The fourth-order valence-electron chi connectivity index (χ4n) is 1.67. The number of Topliss-reactive ketones (excluding diaryl/α,β-unsaturated/α-hetero) is 1. The van der Waals surface area contributed by atoms with Crippen molar-refractivity contribution in [3.8, 4) is 0 Å². The Morgan fingerprint density at radius 2 is 1.67 bits per heavy atom. The van der Waals surface area contributed by atoms with Crippen LogP contribution in [0.2, 0.25) is 0 Å². The van der Waals surface area contributed by atoms with E-state index in [1.807, 2.05) is 24.3 Å². The molecule has 2 aromatic carbocycles. The molecule has 0 heterocycles. The van der Waals surface area contributed by atoms with Gasteiger partial charge in [0.2, 0.25) is 0 Å². The lowest BCUT2D eigenvalue weighted by Crippen LogP contribution is -2.07.